The summed E-state index contributed by atoms with van der Waals surface area (Å²) in [7, 11) is 0. The van der Waals surface area contributed by atoms with Crippen molar-refractivity contribution in [3.8, 4) is 0 Å². The number of nitrogens with zero attached hydrogens (tertiary/aromatic N) is 1. The van der Waals surface area contributed by atoms with E-state index in [1.54, 1.807) is 25.1 Å². The minimum absolute atomic E-state index is 0.126. The number of thiazole rings is 1. The predicted molar refractivity (Wildman–Crippen MR) is 65.6 cm³/mol. The van der Waals surface area contributed by atoms with Crippen LogP contribution in [0.15, 0.2) is 18.2 Å². The topological polar surface area (TPSA) is 56.3 Å². The van der Waals surface area contributed by atoms with Crippen molar-refractivity contribution in [2.45, 2.75) is 6.92 Å². The number of Topliss-reactive ketones (excluding diaryl/α,β-unsaturated/α-hetero) is 1. The molecule has 4 nitrogen and oxygen atoms in total. The summed E-state index contributed by atoms with van der Waals surface area (Å²) in [5.74, 6) is -1.60. The second-order valence-corrected chi connectivity index (χ2v) is 4.65. The molecule has 0 radical (unpaired) electrons. The Bertz CT molecular complexity index is 593. The standard InChI is InChI=1S/C11H8ClNO3S/c1-2-16-11(15)9(14)10-13-7-5-6(12)3-4-8(7)17-10/h3-5H,2H2,1H3. The smallest absolute Gasteiger partial charge is 0.382 e. The van der Waals surface area contributed by atoms with Crippen LogP contribution >= 0.6 is 22.9 Å². The largest absolute Gasteiger partial charge is 0.460 e. The van der Waals surface area contributed by atoms with Gasteiger partial charge in [0.25, 0.3) is 5.78 Å². The summed E-state index contributed by atoms with van der Waals surface area (Å²) in [6.07, 6.45) is 0. The molecule has 88 valence electrons. The molecule has 1 aromatic carbocycles. The van der Waals surface area contributed by atoms with Gasteiger partial charge in [0.1, 0.15) is 0 Å². The number of hydrogen-bond acceptors (Lipinski definition) is 5. The first-order chi connectivity index (χ1) is 8.11. The van der Waals surface area contributed by atoms with Crippen molar-refractivity contribution in [2.24, 2.45) is 0 Å². The van der Waals surface area contributed by atoms with Gasteiger partial charge in [-0.3, -0.25) is 4.79 Å². The Labute approximate surface area is 106 Å². The number of halogens is 1. The third kappa shape index (κ3) is 2.45. The fourth-order valence-corrected chi connectivity index (χ4v) is 2.32. The highest BCUT2D eigenvalue weighted by Gasteiger charge is 2.21. The summed E-state index contributed by atoms with van der Waals surface area (Å²) in [5, 5.41) is 0.665. The van der Waals surface area contributed by atoms with E-state index in [0.717, 1.165) is 16.0 Å². The highest BCUT2D eigenvalue weighted by atomic mass is 35.5. The molecular weight excluding hydrogens is 262 g/mol. The van der Waals surface area contributed by atoms with Crippen molar-refractivity contribution in [3.05, 3.63) is 28.2 Å². The Morgan fingerprint density at radius 1 is 1.47 bits per heavy atom. The molecule has 1 aromatic heterocycles. The van der Waals surface area contributed by atoms with E-state index < -0.39 is 11.8 Å². The predicted octanol–water partition coefficient (Wildman–Crippen LogP) is 2.70. The van der Waals surface area contributed by atoms with Gasteiger partial charge in [-0.15, -0.1) is 11.3 Å². The summed E-state index contributed by atoms with van der Waals surface area (Å²) in [6.45, 7) is 1.81. The lowest BCUT2D eigenvalue weighted by Crippen LogP contribution is -2.17. The van der Waals surface area contributed by atoms with E-state index in [1.807, 2.05) is 0 Å². The molecule has 0 fully saturated rings. The van der Waals surface area contributed by atoms with Gasteiger partial charge in [-0.2, -0.15) is 0 Å². The van der Waals surface area contributed by atoms with Gasteiger partial charge in [-0.05, 0) is 25.1 Å². The van der Waals surface area contributed by atoms with Crippen LogP contribution in [-0.2, 0) is 9.53 Å². The van der Waals surface area contributed by atoms with E-state index in [9.17, 15) is 9.59 Å². The maximum atomic E-state index is 11.6. The van der Waals surface area contributed by atoms with Gasteiger partial charge in [0.2, 0.25) is 0 Å². The molecule has 6 heteroatoms. The van der Waals surface area contributed by atoms with Crippen molar-refractivity contribution in [3.63, 3.8) is 0 Å². The summed E-state index contributed by atoms with van der Waals surface area (Å²) in [4.78, 5) is 26.9. The molecule has 2 aromatic rings. The molecule has 0 aliphatic heterocycles. The van der Waals surface area contributed by atoms with Crippen LogP contribution in [0.4, 0.5) is 0 Å². The Hall–Kier alpha value is -1.46. The summed E-state index contributed by atoms with van der Waals surface area (Å²) >= 11 is 6.96. The van der Waals surface area contributed by atoms with E-state index in [4.69, 9.17) is 11.6 Å². The quantitative estimate of drug-likeness (QED) is 0.488. The second kappa shape index (κ2) is 4.81. The zero-order chi connectivity index (χ0) is 12.4. The van der Waals surface area contributed by atoms with Crippen LogP contribution in [0.5, 0.6) is 0 Å². The van der Waals surface area contributed by atoms with Crippen LogP contribution in [0, 0.1) is 0 Å². The van der Waals surface area contributed by atoms with E-state index in [0.29, 0.717) is 10.5 Å². The Kier molecular flexibility index (Phi) is 3.40. The third-order valence-electron chi connectivity index (χ3n) is 2.00. The van der Waals surface area contributed by atoms with E-state index in [-0.39, 0.29) is 11.6 Å². The first kappa shape index (κ1) is 12.0. The van der Waals surface area contributed by atoms with Gasteiger partial charge < -0.3 is 4.74 Å². The number of carbonyl (C=O) groups excluding carboxylic acids is 2. The average molecular weight is 270 g/mol. The lowest BCUT2D eigenvalue weighted by molar-refractivity contribution is -0.137. The van der Waals surface area contributed by atoms with Gasteiger partial charge in [0, 0.05) is 5.02 Å². The Morgan fingerprint density at radius 3 is 2.94 bits per heavy atom. The maximum Gasteiger partial charge on any atom is 0.382 e. The van der Waals surface area contributed by atoms with Crippen LogP contribution in [0.1, 0.15) is 16.7 Å². The number of hydrogen-bond donors (Lipinski definition) is 0. The molecule has 2 rings (SSSR count). The minimum Gasteiger partial charge on any atom is -0.460 e. The average Bonchev–Trinajstić information content (AvgIpc) is 2.71. The monoisotopic (exact) mass is 269 g/mol. The number of fused-ring (bicyclic) bond motifs is 1. The van der Waals surface area contributed by atoms with Gasteiger partial charge in [-0.25, -0.2) is 9.78 Å². The fourth-order valence-electron chi connectivity index (χ4n) is 1.28. The Balaban J connectivity index is 2.36. The summed E-state index contributed by atoms with van der Waals surface area (Å²) in [5.41, 5.74) is 0.607. The molecule has 0 aliphatic rings. The molecule has 0 amide bonds. The molecule has 0 unspecified atom stereocenters. The Morgan fingerprint density at radius 2 is 2.24 bits per heavy atom. The normalized spacial score (nSPS) is 10.5. The van der Waals surface area contributed by atoms with Crippen LogP contribution in [0.2, 0.25) is 5.02 Å². The molecule has 1 heterocycles. The van der Waals surface area contributed by atoms with Crippen LogP contribution in [-0.4, -0.2) is 23.3 Å². The first-order valence-electron chi connectivity index (χ1n) is 4.89. The molecule has 0 aliphatic carbocycles. The van der Waals surface area contributed by atoms with Crippen LogP contribution in [0.25, 0.3) is 10.2 Å². The van der Waals surface area contributed by atoms with E-state index in [1.165, 1.54) is 0 Å². The number of ether oxygens (including phenoxy) is 1. The molecule has 0 atom stereocenters. The lowest BCUT2D eigenvalue weighted by atomic mass is 10.3. The molecule has 0 N–H and O–H groups in total. The number of rotatable bonds is 3. The first-order valence-corrected chi connectivity index (χ1v) is 6.09. The number of aromatic nitrogens is 1. The fraction of sp³-hybridized carbons (Fsp3) is 0.182. The summed E-state index contributed by atoms with van der Waals surface area (Å²) < 4.78 is 5.44. The molecule has 0 bridgehead atoms. The van der Waals surface area contributed by atoms with Gasteiger partial charge in [0.15, 0.2) is 5.01 Å². The molecule has 0 saturated carbocycles. The van der Waals surface area contributed by atoms with Gasteiger partial charge in [0.05, 0.1) is 16.8 Å². The maximum absolute atomic E-state index is 11.6. The van der Waals surface area contributed by atoms with Gasteiger partial charge in [-0.1, -0.05) is 11.6 Å². The lowest BCUT2D eigenvalue weighted by Gasteiger charge is -1.96. The number of benzene rings is 1. The third-order valence-corrected chi connectivity index (χ3v) is 3.27. The van der Waals surface area contributed by atoms with Gasteiger partial charge >= 0.3 is 5.97 Å². The number of carbonyl (C=O) groups is 2. The van der Waals surface area contributed by atoms with Crippen molar-refractivity contribution < 1.29 is 14.3 Å². The SMILES string of the molecule is CCOC(=O)C(=O)c1nc2cc(Cl)ccc2s1. The second-order valence-electron chi connectivity index (χ2n) is 3.18. The highest BCUT2D eigenvalue weighted by Crippen LogP contribution is 2.25. The van der Waals surface area contributed by atoms with Crippen molar-refractivity contribution in [1.29, 1.82) is 0 Å². The molecule has 17 heavy (non-hydrogen) atoms. The van der Waals surface area contributed by atoms with Crippen molar-refractivity contribution >= 4 is 44.9 Å². The highest BCUT2D eigenvalue weighted by molar-refractivity contribution is 7.20. The zero-order valence-electron chi connectivity index (χ0n) is 8.90. The van der Waals surface area contributed by atoms with Crippen LogP contribution < -0.4 is 0 Å². The molecule has 0 saturated heterocycles. The zero-order valence-corrected chi connectivity index (χ0v) is 10.5. The number of ketones is 1. The summed E-state index contributed by atoms with van der Waals surface area (Å²) in [6, 6.07) is 5.12. The molecule has 0 spiro atoms. The van der Waals surface area contributed by atoms with Crippen molar-refractivity contribution in [1.82, 2.24) is 4.98 Å². The van der Waals surface area contributed by atoms with E-state index >= 15 is 0 Å². The van der Waals surface area contributed by atoms with Crippen LogP contribution in [0.3, 0.4) is 0 Å². The van der Waals surface area contributed by atoms with Crippen molar-refractivity contribution in [2.75, 3.05) is 6.61 Å². The number of esters is 1. The molecular formula is C11H8ClNO3S. The van der Waals surface area contributed by atoms with E-state index in [2.05, 4.69) is 9.72 Å². The minimum atomic E-state index is -0.877.